The normalized spacial score (nSPS) is 15.0. The summed E-state index contributed by atoms with van der Waals surface area (Å²) in [5, 5.41) is 3.63. The van der Waals surface area contributed by atoms with Crippen LogP contribution in [0.4, 0.5) is 5.69 Å². The second kappa shape index (κ2) is 8.40. The number of fused-ring (bicyclic) bond motifs is 1. The smallest absolute Gasteiger partial charge is 0.321 e. The lowest BCUT2D eigenvalue weighted by atomic mass is 10.0. The Labute approximate surface area is 182 Å². The molecule has 0 unspecified atom stereocenters. The molecule has 1 heterocycles. The summed E-state index contributed by atoms with van der Waals surface area (Å²) in [7, 11) is 3.55. The summed E-state index contributed by atoms with van der Waals surface area (Å²) in [6, 6.07) is 11.4. The van der Waals surface area contributed by atoms with Crippen molar-refractivity contribution in [2.24, 2.45) is 14.1 Å². The van der Waals surface area contributed by atoms with Gasteiger partial charge in [0.1, 0.15) is 0 Å². The Morgan fingerprint density at radius 3 is 2.41 bits per heavy atom. The van der Waals surface area contributed by atoms with Crippen LogP contribution in [0.3, 0.4) is 0 Å². The molecule has 4 rings (SSSR count). The average molecular weight is 474 g/mol. The van der Waals surface area contributed by atoms with Gasteiger partial charge in [-0.1, -0.05) is 31.4 Å². The number of rotatable bonds is 4. The minimum absolute atomic E-state index is 0.0668. The molecule has 5 nitrogen and oxygen atoms in total. The third kappa shape index (κ3) is 4.03. The van der Waals surface area contributed by atoms with Crippen LogP contribution in [0.15, 0.2) is 50.6 Å². The molecular weight excluding hydrogens is 450 g/mol. The minimum atomic E-state index is -0.164. The largest absolute Gasteiger partial charge is 0.328 e. The van der Waals surface area contributed by atoms with Crippen molar-refractivity contribution in [1.29, 1.82) is 0 Å². The van der Waals surface area contributed by atoms with E-state index in [0.717, 1.165) is 26.1 Å². The van der Waals surface area contributed by atoms with Crippen LogP contribution in [0.25, 0.3) is 11.0 Å². The van der Waals surface area contributed by atoms with E-state index >= 15 is 0 Å². The number of anilines is 1. The van der Waals surface area contributed by atoms with Gasteiger partial charge < -0.3 is 5.32 Å². The zero-order valence-corrected chi connectivity index (χ0v) is 19.0. The second-order valence-corrected chi connectivity index (χ2v) is 9.75. The molecular formula is C22H24BrN3O2S. The van der Waals surface area contributed by atoms with E-state index in [-0.39, 0.29) is 11.6 Å². The number of hydrogen-bond donors (Lipinski definition) is 1. The maximum absolute atomic E-state index is 12.9. The van der Waals surface area contributed by atoms with Gasteiger partial charge in [0.25, 0.3) is 5.91 Å². The van der Waals surface area contributed by atoms with Crippen LogP contribution in [-0.4, -0.2) is 20.3 Å². The molecule has 1 aliphatic carbocycles. The van der Waals surface area contributed by atoms with Gasteiger partial charge in [-0.2, -0.15) is 0 Å². The zero-order valence-electron chi connectivity index (χ0n) is 16.6. The second-order valence-electron chi connectivity index (χ2n) is 7.55. The van der Waals surface area contributed by atoms with Crippen LogP contribution in [0.2, 0.25) is 0 Å². The number of carbonyl (C=O) groups is 1. The quantitative estimate of drug-likeness (QED) is 0.557. The SMILES string of the molecule is Cn1c(=O)n(C)c2cc(SC3CCCCC3)c(NC(=O)c3ccccc3Br)cc21. The fraction of sp³-hybridized carbons (Fsp3) is 0.364. The fourth-order valence-corrected chi connectivity index (χ4v) is 5.73. The van der Waals surface area contributed by atoms with Gasteiger partial charge in [0.05, 0.1) is 22.3 Å². The number of aromatic nitrogens is 2. The molecule has 1 saturated carbocycles. The van der Waals surface area contributed by atoms with Crippen molar-refractivity contribution in [3.8, 4) is 0 Å². The van der Waals surface area contributed by atoms with Crippen LogP contribution in [0.5, 0.6) is 0 Å². The van der Waals surface area contributed by atoms with Gasteiger partial charge in [0, 0.05) is 28.7 Å². The van der Waals surface area contributed by atoms with Crippen LogP contribution >= 0.6 is 27.7 Å². The molecule has 2 aromatic carbocycles. The Kier molecular flexibility index (Phi) is 5.88. The number of amides is 1. The van der Waals surface area contributed by atoms with Crippen LogP contribution in [-0.2, 0) is 14.1 Å². The van der Waals surface area contributed by atoms with Gasteiger partial charge in [0.2, 0.25) is 0 Å². The Hall–Kier alpha value is -1.99. The molecule has 152 valence electrons. The van der Waals surface area contributed by atoms with Crippen molar-refractivity contribution in [2.45, 2.75) is 42.2 Å². The monoisotopic (exact) mass is 473 g/mol. The molecule has 1 aliphatic rings. The predicted octanol–water partition coefficient (Wildman–Crippen LogP) is 5.32. The molecule has 0 radical (unpaired) electrons. The number of halogens is 1. The van der Waals surface area contributed by atoms with Crippen LogP contribution in [0, 0.1) is 0 Å². The molecule has 7 heteroatoms. The molecule has 0 atom stereocenters. The number of aryl methyl sites for hydroxylation is 2. The molecule has 0 saturated heterocycles. The molecule has 1 amide bonds. The van der Waals surface area contributed by atoms with Gasteiger partial charge >= 0.3 is 5.69 Å². The minimum Gasteiger partial charge on any atom is -0.321 e. The fourth-order valence-electron chi connectivity index (χ4n) is 3.92. The number of thioether (sulfide) groups is 1. The summed E-state index contributed by atoms with van der Waals surface area (Å²) in [5.74, 6) is -0.164. The maximum atomic E-state index is 12.9. The Bertz CT molecular complexity index is 1130. The lowest BCUT2D eigenvalue weighted by Gasteiger charge is -2.22. The van der Waals surface area contributed by atoms with Crippen molar-refractivity contribution >= 4 is 50.3 Å². The van der Waals surface area contributed by atoms with E-state index in [1.165, 1.54) is 32.1 Å². The lowest BCUT2D eigenvalue weighted by Crippen LogP contribution is -2.19. The lowest BCUT2D eigenvalue weighted by molar-refractivity contribution is 0.102. The van der Waals surface area contributed by atoms with E-state index in [4.69, 9.17) is 0 Å². The van der Waals surface area contributed by atoms with Crippen LogP contribution < -0.4 is 11.0 Å². The van der Waals surface area contributed by atoms with Crippen molar-refractivity contribution in [3.05, 3.63) is 56.9 Å². The molecule has 0 aliphatic heterocycles. The van der Waals surface area contributed by atoms with Crippen molar-refractivity contribution in [3.63, 3.8) is 0 Å². The van der Waals surface area contributed by atoms with Crippen LogP contribution in [0.1, 0.15) is 42.5 Å². The summed E-state index contributed by atoms with van der Waals surface area (Å²) >= 11 is 5.28. The van der Waals surface area contributed by atoms with Crippen molar-refractivity contribution in [1.82, 2.24) is 9.13 Å². The topological polar surface area (TPSA) is 56.0 Å². The highest BCUT2D eigenvalue weighted by Crippen LogP contribution is 2.39. The summed E-state index contributed by atoms with van der Waals surface area (Å²) in [6.07, 6.45) is 6.18. The van der Waals surface area contributed by atoms with E-state index in [1.54, 1.807) is 29.3 Å². The third-order valence-corrected chi connectivity index (χ3v) is 7.67. The summed E-state index contributed by atoms with van der Waals surface area (Å²) in [4.78, 5) is 26.4. The highest BCUT2D eigenvalue weighted by Gasteiger charge is 2.20. The van der Waals surface area contributed by atoms with Crippen molar-refractivity contribution < 1.29 is 4.79 Å². The maximum Gasteiger partial charge on any atom is 0.328 e. The first-order valence-electron chi connectivity index (χ1n) is 9.87. The molecule has 29 heavy (non-hydrogen) atoms. The highest BCUT2D eigenvalue weighted by atomic mass is 79.9. The Morgan fingerprint density at radius 1 is 1.07 bits per heavy atom. The molecule has 0 bridgehead atoms. The van der Waals surface area contributed by atoms with Gasteiger partial charge in [-0.25, -0.2) is 4.79 Å². The van der Waals surface area contributed by atoms with Gasteiger partial charge in [-0.3, -0.25) is 13.9 Å². The number of nitrogens with one attached hydrogen (secondary N) is 1. The molecule has 0 spiro atoms. The first-order chi connectivity index (χ1) is 14.0. The zero-order chi connectivity index (χ0) is 20.5. The molecule has 3 aromatic rings. The standard InChI is InChI=1S/C22H24BrN3O2S/c1-25-18-12-17(24-21(27)15-10-6-7-11-16(15)23)20(13-19(18)26(2)22(25)28)29-14-8-4-3-5-9-14/h6-7,10-14H,3-5,8-9H2,1-2H3,(H,24,27). The van der Waals surface area contributed by atoms with Gasteiger partial charge in [0.15, 0.2) is 0 Å². The summed E-state index contributed by atoms with van der Waals surface area (Å²) in [5.41, 5.74) is 2.98. The van der Waals surface area contributed by atoms with Gasteiger partial charge in [-0.05, 0) is 53.0 Å². The average Bonchev–Trinajstić information content (AvgIpc) is 2.93. The van der Waals surface area contributed by atoms with Gasteiger partial charge in [-0.15, -0.1) is 11.8 Å². The molecule has 1 N–H and O–H groups in total. The summed E-state index contributed by atoms with van der Waals surface area (Å²) in [6.45, 7) is 0. The number of carbonyl (C=O) groups excluding carboxylic acids is 1. The first-order valence-corrected chi connectivity index (χ1v) is 11.5. The number of imidazole rings is 1. The Morgan fingerprint density at radius 2 is 1.72 bits per heavy atom. The van der Waals surface area contributed by atoms with Crippen molar-refractivity contribution in [2.75, 3.05) is 5.32 Å². The number of nitrogens with zero attached hydrogens (tertiary/aromatic N) is 2. The van der Waals surface area contributed by atoms with E-state index in [0.29, 0.717) is 10.8 Å². The highest BCUT2D eigenvalue weighted by molar-refractivity contribution is 9.10. The molecule has 1 aromatic heterocycles. The molecule has 1 fully saturated rings. The van der Waals surface area contributed by atoms with E-state index in [9.17, 15) is 9.59 Å². The number of hydrogen-bond acceptors (Lipinski definition) is 3. The third-order valence-electron chi connectivity index (χ3n) is 5.59. The predicted molar refractivity (Wildman–Crippen MR) is 123 cm³/mol. The van der Waals surface area contributed by atoms with E-state index < -0.39 is 0 Å². The number of benzene rings is 2. The first kappa shape index (κ1) is 20.3. The summed E-state index contributed by atoms with van der Waals surface area (Å²) < 4.78 is 4.05. The van der Waals surface area contributed by atoms with E-state index in [1.807, 2.05) is 42.1 Å². The Balaban J connectivity index is 1.76. The van der Waals surface area contributed by atoms with E-state index in [2.05, 4.69) is 21.2 Å².